The number of nitrogens with one attached hydrogen (secondary N) is 1. The van der Waals surface area contributed by atoms with E-state index in [9.17, 15) is 4.79 Å². The SMILES string of the molecule is CCC1CCCCN1c1cc(C(=O)NCc2cccnc2)nc(C)n1. The molecule has 1 aliphatic rings. The van der Waals surface area contributed by atoms with Gasteiger partial charge in [0.2, 0.25) is 0 Å². The zero-order chi connectivity index (χ0) is 17.6. The Hall–Kier alpha value is -2.50. The fraction of sp³-hybridized carbons (Fsp3) is 0.474. The summed E-state index contributed by atoms with van der Waals surface area (Å²) >= 11 is 0. The van der Waals surface area contributed by atoms with Gasteiger partial charge < -0.3 is 10.2 Å². The van der Waals surface area contributed by atoms with Crippen molar-refractivity contribution >= 4 is 11.7 Å². The molecule has 1 saturated heterocycles. The Morgan fingerprint density at radius 3 is 3.00 bits per heavy atom. The second-order valence-corrected chi connectivity index (χ2v) is 6.45. The van der Waals surface area contributed by atoms with E-state index >= 15 is 0 Å². The number of piperidine rings is 1. The number of carbonyl (C=O) groups excluding carboxylic acids is 1. The molecule has 1 amide bonds. The maximum Gasteiger partial charge on any atom is 0.270 e. The number of carbonyl (C=O) groups is 1. The van der Waals surface area contributed by atoms with Crippen molar-refractivity contribution in [2.75, 3.05) is 11.4 Å². The van der Waals surface area contributed by atoms with Gasteiger partial charge in [0, 0.05) is 37.6 Å². The number of amides is 1. The van der Waals surface area contributed by atoms with E-state index in [0.29, 0.717) is 24.1 Å². The van der Waals surface area contributed by atoms with Crippen LogP contribution in [0.2, 0.25) is 0 Å². The number of aryl methyl sites for hydroxylation is 1. The lowest BCUT2D eigenvalue weighted by Crippen LogP contribution is -2.40. The second-order valence-electron chi connectivity index (χ2n) is 6.45. The zero-order valence-electron chi connectivity index (χ0n) is 14.9. The summed E-state index contributed by atoms with van der Waals surface area (Å²) in [6.07, 6.45) is 8.16. The van der Waals surface area contributed by atoms with E-state index in [0.717, 1.165) is 24.3 Å². The van der Waals surface area contributed by atoms with Crippen LogP contribution in [-0.2, 0) is 6.54 Å². The van der Waals surface area contributed by atoms with Gasteiger partial charge in [0.25, 0.3) is 5.91 Å². The van der Waals surface area contributed by atoms with Crippen molar-refractivity contribution in [2.45, 2.75) is 52.1 Å². The highest BCUT2D eigenvalue weighted by atomic mass is 16.1. The van der Waals surface area contributed by atoms with Crippen LogP contribution in [0.5, 0.6) is 0 Å². The van der Waals surface area contributed by atoms with Crippen molar-refractivity contribution < 1.29 is 4.79 Å². The van der Waals surface area contributed by atoms with Crippen molar-refractivity contribution in [3.05, 3.63) is 47.7 Å². The fourth-order valence-corrected chi connectivity index (χ4v) is 3.32. The molecule has 3 rings (SSSR count). The minimum Gasteiger partial charge on any atom is -0.354 e. The van der Waals surface area contributed by atoms with Gasteiger partial charge in [-0.05, 0) is 44.2 Å². The van der Waals surface area contributed by atoms with Crippen molar-refractivity contribution in [2.24, 2.45) is 0 Å². The molecule has 0 spiro atoms. The van der Waals surface area contributed by atoms with E-state index in [4.69, 9.17) is 0 Å². The highest BCUT2D eigenvalue weighted by Gasteiger charge is 2.23. The maximum atomic E-state index is 12.5. The van der Waals surface area contributed by atoms with Crippen molar-refractivity contribution in [3.8, 4) is 0 Å². The predicted molar refractivity (Wildman–Crippen MR) is 97.5 cm³/mol. The zero-order valence-corrected chi connectivity index (χ0v) is 14.9. The summed E-state index contributed by atoms with van der Waals surface area (Å²) in [6.45, 7) is 5.48. The molecule has 2 aromatic heterocycles. The number of nitrogens with zero attached hydrogens (tertiary/aromatic N) is 4. The number of anilines is 1. The quantitative estimate of drug-likeness (QED) is 0.907. The van der Waals surface area contributed by atoms with Gasteiger partial charge in [-0.3, -0.25) is 9.78 Å². The Kier molecular flexibility index (Phi) is 5.58. The van der Waals surface area contributed by atoms with E-state index in [1.165, 1.54) is 19.3 Å². The van der Waals surface area contributed by atoms with E-state index in [2.05, 4.69) is 32.1 Å². The molecule has 1 aliphatic heterocycles. The smallest absolute Gasteiger partial charge is 0.270 e. The lowest BCUT2D eigenvalue weighted by atomic mass is 10.00. The molecule has 0 radical (unpaired) electrons. The van der Waals surface area contributed by atoms with Crippen LogP contribution in [0.15, 0.2) is 30.6 Å². The van der Waals surface area contributed by atoms with Crippen LogP contribution in [0.4, 0.5) is 5.82 Å². The summed E-state index contributed by atoms with van der Waals surface area (Å²) in [5.74, 6) is 1.32. The molecule has 132 valence electrons. The first kappa shape index (κ1) is 17.3. The van der Waals surface area contributed by atoms with E-state index in [-0.39, 0.29) is 5.91 Å². The third-order valence-corrected chi connectivity index (χ3v) is 4.63. The minimum atomic E-state index is -0.180. The maximum absolute atomic E-state index is 12.5. The van der Waals surface area contributed by atoms with Crippen LogP contribution in [-0.4, -0.2) is 33.4 Å². The Bertz CT molecular complexity index is 719. The summed E-state index contributed by atoms with van der Waals surface area (Å²) in [5.41, 5.74) is 1.38. The molecule has 1 atom stereocenters. The molecule has 6 heteroatoms. The monoisotopic (exact) mass is 339 g/mol. The van der Waals surface area contributed by atoms with Crippen molar-refractivity contribution in [1.82, 2.24) is 20.3 Å². The van der Waals surface area contributed by atoms with E-state index in [1.54, 1.807) is 12.4 Å². The molecule has 3 heterocycles. The summed E-state index contributed by atoms with van der Waals surface area (Å²) < 4.78 is 0. The number of rotatable bonds is 5. The molecule has 0 bridgehead atoms. The largest absolute Gasteiger partial charge is 0.354 e. The van der Waals surface area contributed by atoms with Crippen LogP contribution in [0, 0.1) is 6.92 Å². The number of pyridine rings is 1. The van der Waals surface area contributed by atoms with Gasteiger partial charge in [0.15, 0.2) is 0 Å². The molecule has 1 fully saturated rings. The van der Waals surface area contributed by atoms with Gasteiger partial charge in [-0.2, -0.15) is 0 Å². The molecule has 6 nitrogen and oxygen atoms in total. The normalized spacial score (nSPS) is 17.4. The van der Waals surface area contributed by atoms with Gasteiger partial charge in [-0.1, -0.05) is 13.0 Å². The van der Waals surface area contributed by atoms with Gasteiger partial charge in [0.05, 0.1) is 0 Å². The molecule has 0 aromatic carbocycles. The van der Waals surface area contributed by atoms with Gasteiger partial charge in [-0.15, -0.1) is 0 Å². The molecule has 25 heavy (non-hydrogen) atoms. The summed E-state index contributed by atoms with van der Waals surface area (Å²) in [5, 5.41) is 2.91. The molecule has 0 aliphatic carbocycles. The average molecular weight is 339 g/mol. The Morgan fingerprint density at radius 2 is 2.24 bits per heavy atom. The van der Waals surface area contributed by atoms with Gasteiger partial charge in [0.1, 0.15) is 17.3 Å². The highest BCUT2D eigenvalue weighted by molar-refractivity contribution is 5.92. The highest BCUT2D eigenvalue weighted by Crippen LogP contribution is 2.25. The van der Waals surface area contributed by atoms with Crippen molar-refractivity contribution in [3.63, 3.8) is 0 Å². The third-order valence-electron chi connectivity index (χ3n) is 4.63. The number of aromatic nitrogens is 3. The fourth-order valence-electron chi connectivity index (χ4n) is 3.32. The molecular formula is C19H25N5O. The summed E-state index contributed by atoms with van der Waals surface area (Å²) in [6, 6.07) is 6.10. The van der Waals surface area contributed by atoms with Crippen LogP contribution in [0.25, 0.3) is 0 Å². The lowest BCUT2D eigenvalue weighted by molar-refractivity contribution is 0.0945. The molecule has 1 N–H and O–H groups in total. The number of hydrogen-bond donors (Lipinski definition) is 1. The third kappa shape index (κ3) is 4.32. The average Bonchev–Trinajstić information content (AvgIpc) is 2.66. The topological polar surface area (TPSA) is 71.0 Å². The molecular weight excluding hydrogens is 314 g/mol. The number of hydrogen-bond acceptors (Lipinski definition) is 5. The second kappa shape index (κ2) is 8.05. The molecule has 2 aromatic rings. The standard InChI is InChI=1S/C19H25N5O/c1-3-16-8-4-5-10-24(16)18-11-17(22-14(2)23-18)19(25)21-13-15-7-6-9-20-12-15/h6-7,9,11-12,16H,3-5,8,10,13H2,1-2H3,(H,21,25). The Labute approximate surface area is 148 Å². The first-order valence-corrected chi connectivity index (χ1v) is 8.97. The van der Waals surface area contributed by atoms with Crippen LogP contribution in [0.1, 0.15) is 54.5 Å². The van der Waals surface area contributed by atoms with Crippen LogP contribution < -0.4 is 10.2 Å². The predicted octanol–water partition coefficient (Wildman–Crippen LogP) is 2.88. The van der Waals surface area contributed by atoms with Crippen molar-refractivity contribution in [1.29, 1.82) is 0 Å². The van der Waals surface area contributed by atoms with Crippen LogP contribution >= 0.6 is 0 Å². The first-order chi connectivity index (χ1) is 12.2. The Morgan fingerprint density at radius 1 is 1.36 bits per heavy atom. The molecule has 0 saturated carbocycles. The van der Waals surface area contributed by atoms with Crippen LogP contribution in [0.3, 0.4) is 0 Å². The van der Waals surface area contributed by atoms with E-state index < -0.39 is 0 Å². The summed E-state index contributed by atoms with van der Waals surface area (Å²) in [7, 11) is 0. The van der Waals surface area contributed by atoms with E-state index in [1.807, 2.05) is 25.1 Å². The lowest BCUT2D eigenvalue weighted by Gasteiger charge is -2.36. The summed E-state index contributed by atoms with van der Waals surface area (Å²) in [4.78, 5) is 27.8. The van der Waals surface area contributed by atoms with Gasteiger partial charge in [-0.25, -0.2) is 9.97 Å². The minimum absolute atomic E-state index is 0.180. The molecule has 1 unspecified atom stereocenters. The Balaban J connectivity index is 1.75. The van der Waals surface area contributed by atoms with Gasteiger partial charge >= 0.3 is 0 Å². The first-order valence-electron chi connectivity index (χ1n) is 8.97.